The van der Waals surface area contributed by atoms with Gasteiger partial charge in [0.05, 0.1) is 0 Å². The van der Waals surface area contributed by atoms with Crippen molar-refractivity contribution in [1.82, 2.24) is 0 Å². The Bertz CT molecular complexity index is 281. The van der Waals surface area contributed by atoms with Crippen LogP contribution in [0.4, 0.5) is 0 Å². The summed E-state index contributed by atoms with van der Waals surface area (Å²) in [5.74, 6) is 0. The Hall–Kier alpha value is -0.900. The van der Waals surface area contributed by atoms with E-state index in [1.54, 1.807) is 0 Å². The summed E-state index contributed by atoms with van der Waals surface area (Å²) in [6, 6.07) is 10.7. The summed E-state index contributed by atoms with van der Waals surface area (Å²) in [5.41, 5.74) is 1.05. The zero-order valence-corrected chi connectivity index (χ0v) is 10.8. The Morgan fingerprint density at radius 2 is 1.47 bits per heavy atom. The molecule has 17 heavy (non-hydrogen) atoms. The molecule has 0 saturated heterocycles. The highest BCUT2D eigenvalue weighted by molar-refractivity contribution is 5.17. The summed E-state index contributed by atoms with van der Waals surface area (Å²) < 4.78 is 16.9. The van der Waals surface area contributed by atoms with Gasteiger partial charge in [0.15, 0.2) is 6.29 Å². The van der Waals surface area contributed by atoms with Gasteiger partial charge in [0, 0.05) is 19.8 Å². The molecule has 0 saturated carbocycles. The maximum atomic E-state index is 5.73. The summed E-state index contributed by atoms with van der Waals surface area (Å²) in [6.45, 7) is 7.71. The Labute approximate surface area is 104 Å². The molecule has 3 nitrogen and oxygen atoms in total. The van der Waals surface area contributed by atoms with Gasteiger partial charge in [-0.1, -0.05) is 24.3 Å². The molecule has 0 aliphatic carbocycles. The van der Waals surface area contributed by atoms with Crippen LogP contribution in [0.3, 0.4) is 0 Å². The van der Waals surface area contributed by atoms with Crippen LogP contribution >= 0.6 is 0 Å². The fourth-order valence-electron chi connectivity index (χ4n) is 1.65. The molecule has 95 valence electrons. The zero-order chi connectivity index (χ0) is 12.5. The van der Waals surface area contributed by atoms with Crippen LogP contribution in [0, 0.1) is 6.07 Å². The Balaban J connectivity index is 2.81. The van der Waals surface area contributed by atoms with E-state index in [1.807, 2.05) is 45.0 Å². The predicted molar refractivity (Wildman–Crippen MR) is 66.7 cm³/mol. The van der Waals surface area contributed by atoms with Crippen molar-refractivity contribution in [1.29, 1.82) is 0 Å². The lowest BCUT2D eigenvalue weighted by Crippen LogP contribution is -2.28. The van der Waals surface area contributed by atoms with Crippen LogP contribution in [-0.4, -0.2) is 26.1 Å². The van der Waals surface area contributed by atoms with Crippen LogP contribution in [0.5, 0.6) is 0 Å². The van der Waals surface area contributed by atoms with Crippen molar-refractivity contribution in [3.8, 4) is 0 Å². The zero-order valence-electron chi connectivity index (χ0n) is 10.8. The summed E-state index contributed by atoms with van der Waals surface area (Å²) in [7, 11) is 0. The summed E-state index contributed by atoms with van der Waals surface area (Å²) in [4.78, 5) is 0. The molecule has 1 aromatic carbocycles. The maximum absolute atomic E-state index is 5.73. The number of benzene rings is 1. The van der Waals surface area contributed by atoms with Crippen molar-refractivity contribution >= 4 is 0 Å². The Morgan fingerprint density at radius 1 is 0.941 bits per heavy atom. The molecule has 0 amide bonds. The molecule has 0 bridgehead atoms. The van der Waals surface area contributed by atoms with E-state index in [0.717, 1.165) is 5.56 Å². The largest absolute Gasteiger partial charge is 0.368 e. The van der Waals surface area contributed by atoms with E-state index in [0.29, 0.717) is 19.8 Å². The van der Waals surface area contributed by atoms with Gasteiger partial charge in [-0.25, -0.2) is 0 Å². The molecule has 1 unspecified atom stereocenters. The lowest BCUT2D eigenvalue weighted by Gasteiger charge is -2.26. The van der Waals surface area contributed by atoms with Gasteiger partial charge in [-0.2, -0.15) is 0 Å². The molecule has 0 aliphatic rings. The third-order valence-electron chi connectivity index (χ3n) is 2.33. The molecule has 0 fully saturated rings. The molecule has 1 radical (unpaired) electrons. The molecule has 3 heteroatoms. The van der Waals surface area contributed by atoms with Crippen molar-refractivity contribution in [3.63, 3.8) is 0 Å². The molecule has 0 N–H and O–H groups in total. The van der Waals surface area contributed by atoms with Crippen molar-refractivity contribution in [2.24, 2.45) is 0 Å². The van der Waals surface area contributed by atoms with Gasteiger partial charge in [0.25, 0.3) is 0 Å². The first-order valence-electron chi connectivity index (χ1n) is 6.14. The van der Waals surface area contributed by atoms with E-state index in [9.17, 15) is 0 Å². The summed E-state index contributed by atoms with van der Waals surface area (Å²) >= 11 is 0. The highest BCUT2D eigenvalue weighted by atomic mass is 16.7. The van der Waals surface area contributed by atoms with E-state index >= 15 is 0 Å². The first-order chi connectivity index (χ1) is 8.33. The van der Waals surface area contributed by atoms with Gasteiger partial charge in [-0.3, -0.25) is 0 Å². The second-order valence-electron chi connectivity index (χ2n) is 3.49. The average molecular weight is 237 g/mol. The van der Waals surface area contributed by atoms with E-state index in [2.05, 4.69) is 6.07 Å². The van der Waals surface area contributed by atoms with Crippen LogP contribution in [-0.2, 0) is 14.2 Å². The molecule has 0 aliphatic heterocycles. The molecule has 1 atom stereocenters. The summed E-state index contributed by atoms with van der Waals surface area (Å²) in [5, 5.41) is 0. The fraction of sp³-hybridized carbons (Fsp3) is 0.571. The molecular formula is C14H21O3. The Kier molecular flexibility index (Phi) is 6.86. The van der Waals surface area contributed by atoms with Gasteiger partial charge in [-0.05, 0) is 32.4 Å². The Morgan fingerprint density at radius 3 is 1.94 bits per heavy atom. The fourth-order valence-corrected chi connectivity index (χ4v) is 1.65. The second-order valence-corrected chi connectivity index (χ2v) is 3.49. The normalized spacial score (nSPS) is 12.9. The number of ether oxygens (including phenoxy) is 3. The smallest absolute Gasteiger partial charge is 0.187 e. The third kappa shape index (κ3) is 4.46. The molecule has 0 spiro atoms. The SMILES string of the molecule is CCOC(OCC)C(OCC)c1cc[c]cc1. The van der Waals surface area contributed by atoms with Crippen molar-refractivity contribution in [2.75, 3.05) is 19.8 Å². The lowest BCUT2D eigenvalue weighted by atomic mass is 10.1. The van der Waals surface area contributed by atoms with Gasteiger partial charge >= 0.3 is 0 Å². The van der Waals surface area contributed by atoms with E-state index in [4.69, 9.17) is 14.2 Å². The molecular weight excluding hydrogens is 216 g/mol. The highest BCUT2D eigenvalue weighted by Gasteiger charge is 2.24. The summed E-state index contributed by atoms with van der Waals surface area (Å²) in [6.07, 6.45) is -0.540. The molecule has 1 aromatic rings. The number of rotatable bonds is 8. The third-order valence-corrected chi connectivity index (χ3v) is 2.33. The maximum Gasteiger partial charge on any atom is 0.187 e. The van der Waals surface area contributed by atoms with Gasteiger partial charge in [0.1, 0.15) is 6.10 Å². The molecule has 0 aromatic heterocycles. The average Bonchev–Trinajstić information content (AvgIpc) is 2.37. The van der Waals surface area contributed by atoms with Gasteiger partial charge in [0.2, 0.25) is 0 Å². The minimum Gasteiger partial charge on any atom is -0.368 e. The minimum atomic E-state index is -0.354. The van der Waals surface area contributed by atoms with Crippen LogP contribution in [0.2, 0.25) is 0 Å². The van der Waals surface area contributed by atoms with Crippen molar-refractivity contribution < 1.29 is 14.2 Å². The number of hydrogen-bond acceptors (Lipinski definition) is 3. The first-order valence-corrected chi connectivity index (χ1v) is 6.14. The highest BCUT2D eigenvalue weighted by Crippen LogP contribution is 2.24. The van der Waals surface area contributed by atoms with Crippen molar-refractivity contribution in [3.05, 3.63) is 35.9 Å². The molecule has 0 heterocycles. The van der Waals surface area contributed by atoms with E-state index in [-0.39, 0.29) is 12.4 Å². The number of hydrogen-bond donors (Lipinski definition) is 0. The van der Waals surface area contributed by atoms with Crippen LogP contribution < -0.4 is 0 Å². The lowest BCUT2D eigenvalue weighted by molar-refractivity contribution is -0.204. The van der Waals surface area contributed by atoms with Crippen LogP contribution in [0.1, 0.15) is 32.4 Å². The molecule has 1 rings (SSSR count). The second kappa shape index (κ2) is 8.23. The van der Waals surface area contributed by atoms with Crippen molar-refractivity contribution in [2.45, 2.75) is 33.2 Å². The predicted octanol–water partition coefficient (Wildman–Crippen LogP) is 2.96. The van der Waals surface area contributed by atoms with Crippen LogP contribution in [0.25, 0.3) is 0 Å². The van der Waals surface area contributed by atoms with E-state index < -0.39 is 0 Å². The first kappa shape index (κ1) is 14.2. The van der Waals surface area contributed by atoms with Crippen LogP contribution in [0.15, 0.2) is 24.3 Å². The van der Waals surface area contributed by atoms with Gasteiger partial charge < -0.3 is 14.2 Å². The topological polar surface area (TPSA) is 27.7 Å². The quantitative estimate of drug-likeness (QED) is 0.651. The minimum absolute atomic E-state index is 0.186. The van der Waals surface area contributed by atoms with Gasteiger partial charge in [-0.15, -0.1) is 0 Å². The standard InChI is InChI=1S/C14H21O3/c1-4-15-13(12-10-8-7-9-11-12)14(16-5-2)17-6-3/h8-11,13-14H,4-6H2,1-3H3. The monoisotopic (exact) mass is 237 g/mol. The van der Waals surface area contributed by atoms with E-state index in [1.165, 1.54) is 0 Å².